The minimum Gasteiger partial charge on any atom is -0.496 e. The normalized spacial score (nSPS) is 22.2. The van der Waals surface area contributed by atoms with Gasteiger partial charge in [0.2, 0.25) is 5.88 Å². The summed E-state index contributed by atoms with van der Waals surface area (Å²) < 4.78 is 11.1. The molecular formula is C20H22N2O3. The second-order valence-corrected chi connectivity index (χ2v) is 7.43. The summed E-state index contributed by atoms with van der Waals surface area (Å²) >= 11 is 0. The van der Waals surface area contributed by atoms with Crippen LogP contribution in [0.15, 0.2) is 41.0 Å². The summed E-state index contributed by atoms with van der Waals surface area (Å²) in [6.07, 6.45) is 1.04. The highest BCUT2D eigenvalue weighted by Crippen LogP contribution is 2.48. The van der Waals surface area contributed by atoms with Crippen LogP contribution in [-0.4, -0.2) is 12.9 Å². The molecule has 2 N–H and O–H groups in total. The smallest absolute Gasteiger partial charge is 0.205 e. The van der Waals surface area contributed by atoms with E-state index in [1.807, 2.05) is 39.0 Å². The average molecular weight is 338 g/mol. The third-order valence-corrected chi connectivity index (χ3v) is 4.84. The van der Waals surface area contributed by atoms with Gasteiger partial charge in [-0.3, -0.25) is 4.79 Å². The van der Waals surface area contributed by atoms with E-state index in [1.165, 1.54) is 0 Å². The van der Waals surface area contributed by atoms with Crippen molar-refractivity contribution >= 4 is 5.78 Å². The second-order valence-electron chi connectivity index (χ2n) is 7.43. The number of carbonyl (C=O) groups excluding carboxylic acids is 1. The summed E-state index contributed by atoms with van der Waals surface area (Å²) in [5.74, 6) is 0.882. The van der Waals surface area contributed by atoms with Crippen molar-refractivity contribution in [3.8, 4) is 11.8 Å². The lowest BCUT2D eigenvalue weighted by atomic mass is 9.70. The summed E-state index contributed by atoms with van der Waals surface area (Å²) in [6, 6.07) is 7.84. The molecule has 1 aliphatic carbocycles. The van der Waals surface area contributed by atoms with Crippen molar-refractivity contribution in [1.29, 1.82) is 5.26 Å². The molecule has 130 valence electrons. The first-order valence-corrected chi connectivity index (χ1v) is 8.26. The zero-order chi connectivity index (χ0) is 18.4. The highest BCUT2D eigenvalue weighted by atomic mass is 16.5. The summed E-state index contributed by atoms with van der Waals surface area (Å²) in [7, 11) is 1.60. The molecule has 0 saturated heterocycles. The predicted octanol–water partition coefficient (Wildman–Crippen LogP) is 3.45. The molecule has 0 amide bonds. The van der Waals surface area contributed by atoms with Gasteiger partial charge in [0.05, 0.1) is 13.0 Å². The minimum absolute atomic E-state index is 0.0102. The number of ketones is 1. The zero-order valence-electron chi connectivity index (χ0n) is 15.0. The largest absolute Gasteiger partial charge is 0.496 e. The van der Waals surface area contributed by atoms with Crippen LogP contribution in [0.2, 0.25) is 0 Å². The van der Waals surface area contributed by atoms with E-state index in [9.17, 15) is 10.1 Å². The Balaban J connectivity index is 2.19. The van der Waals surface area contributed by atoms with E-state index in [-0.39, 0.29) is 22.7 Å². The first kappa shape index (κ1) is 17.1. The van der Waals surface area contributed by atoms with Gasteiger partial charge in [-0.15, -0.1) is 0 Å². The summed E-state index contributed by atoms with van der Waals surface area (Å²) in [5.41, 5.74) is 8.46. The number of aryl methyl sites for hydroxylation is 1. The lowest BCUT2D eigenvalue weighted by molar-refractivity contribution is -0.119. The lowest BCUT2D eigenvalue weighted by Gasteiger charge is -2.37. The van der Waals surface area contributed by atoms with Crippen LogP contribution in [0.5, 0.6) is 5.75 Å². The standard InChI is InChI=1S/C20H22N2O3/c1-11-5-6-12(7-15(11)24-4)17-13(10-21)19(22)25-16-9-20(2,3)8-14(23)18(16)17/h5-7,17H,8-9,22H2,1-4H3. The third-order valence-electron chi connectivity index (χ3n) is 4.84. The Bertz CT molecular complexity index is 856. The van der Waals surface area contributed by atoms with Gasteiger partial charge in [-0.05, 0) is 29.5 Å². The van der Waals surface area contributed by atoms with E-state index in [0.717, 1.165) is 11.1 Å². The monoisotopic (exact) mass is 338 g/mol. The van der Waals surface area contributed by atoms with E-state index >= 15 is 0 Å². The van der Waals surface area contributed by atoms with Gasteiger partial charge >= 0.3 is 0 Å². The number of nitriles is 1. The van der Waals surface area contributed by atoms with Crippen LogP contribution in [0, 0.1) is 23.7 Å². The maximum atomic E-state index is 12.9. The van der Waals surface area contributed by atoms with Crippen molar-refractivity contribution in [1.82, 2.24) is 0 Å². The topological polar surface area (TPSA) is 85.3 Å². The third kappa shape index (κ3) is 2.89. The average Bonchev–Trinajstić information content (AvgIpc) is 2.53. The first-order chi connectivity index (χ1) is 11.8. The predicted molar refractivity (Wildman–Crippen MR) is 93.4 cm³/mol. The van der Waals surface area contributed by atoms with Gasteiger partial charge in [-0.2, -0.15) is 5.26 Å². The zero-order valence-corrected chi connectivity index (χ0v) is 15.0. The molecule has 3 rings (SSSR count). The Kier molecular flexibility index (Phi) is 4.08. The van der Waals surface area contributed by atoms with Gasteiger partial charge in [0.15, 0.2) is 5.78 Å². The number of allylic oxidation sites excluding steroid dienone is 3. The molecular weight excluding hydrogens is 316 g/mol. The van der Waals surface area contributed by atoms with E-state index in [2.05, 4.69) is 6.07 Å². The highest BCUT2D eigenvalue weighted by molar-refractivity contribution is 6.00. The molecule has 5 heteroatoms. The number of carbonyl (C=O) groups is 1. The van der Waals surface area contributed by atoms with Gasteiger partial charge in [-0.1, -0.05) is 26.0 Å². The fourth-order valence-corrected chi connectivity index (χ4v) is 3.63. The van der Waals surface area contributed by atoms with Crippen molar-refractivity contribution in [2.75, 3.05) is 7.11 Å². The fraction of sp³-hybridized carbons (Fsp3) is 0.400. The van der Waals surface area contributed by atoms with Crippen LogP contribution in [0.1, 0.15) is 43.7 Å². The summed E-state index contributed by atoms with van der Waals surface area (Å²) in [4.78, 5) is 12.9. The van der Waals surface area contributed by atoms with Gasteiger partial charge < -0.3 is 15.2 Å². The molecule has 0 fully saturated rings. The number of Topliss-reactive ketones (excluding diaryl/α,β-unsaturated/α-hetero) is 1. The molecule has 1 aromatic carbocycles. The molecule has 1 aliphatic heterocycles. The fourth-order valence-electron chi connectivity index (χ4n) is 3.63. The van der Waals surface area contributed by atoms with Crippen LogP contribution >= 0.6 is 0 Å². The van der Waals surface area contributed by atoms with E-state index in [1.54, 1.807) is 7.11 Å². The number of nitrogens with two attached hydrogens (primary N) is 1. The lowest BCUT2D eigenvalue weighted by Crippen LogP contribution is -2.33. The molecule has 0 aromatic heterocycles. The van der Waals surface area contributed by atoms with Gasteiger partial charge in [-0.25, -0.2) is 0 Å². The van der Waals surface area contributed by atoms with Gasteiger partial charge in [0, 0.05) is 18.4 Å². The van der Waals surface area contributed by atoms with Crippen LogP contribution in [-0.2, 0) is 9.53 Å². The first-order valence-electron chi connectivity index (χ1n) is 8.26. The highest BCUT2D eigenvalue weighted by Gasteiger charge is 2.43. The van der Waals surface area contributed by atoms with Crippen LogP contribution in [0.4, 0.5) is 0 Å². The summed E-state index contributed by atoms with van der Waals surface area (Å²) in [6.45, 7) is 6.00. The van der Waals surface area contributed by atoms with Crippen molar-refractivity contribution in [3.05, 3.63) is 52.1 Å². The van der Waals surface area contributed by atoms with Crippen LogP contribution in [0.3, 0.4) is 0 Å². The van der Waals surface area contributed by atoms with E-state index < -0.39 is 5.92 Å². The number of benzene rings is 1. The molecule has 0 bridgehead atoms. The Morgan fingerprint density at radius 2 is 2.08 bits per heavy atom. The Hall–Kier alpha value is -2.74. The summed E-state index contributed by atoms with van der Waals surface area (Å²) in [5, 5.41) is 9.62. The molecule has 1 heterocycles. The van der Waals surface area contributed by atoms with E-state index in [0.29, 0.717) is 29.9 Å². The molecule has 2 aliphatic rings. The number of hydrogen-bond acceptors (Lipinski definition) is 5. The Morgan fingerprint density at radius 1 is 1.36 bits per heavy atom. The molecule has 25 heavy (non-hydrogen) atoms. The molecule has 1 atom stereocenters. The molecule has 0 radical (unpaired) electrons. The SMILES string of the molecule is COc1cc(C2C(C#N)=C(N)OC3=C2C(=O)CC(C)(C)C3)ccc1C. The molecule has 0 saturated carbocycles. The molecule has 1 unspecified atom stereocenters. The Morgan fingerprint density at radius 3 is 2.72 bits per heavy atom. The van der Waals surface area contributed by atoms with Gasteiger partial charge in [0.25, 0.3) is 0 Å². The maximum absolute atomic E-state index is 12.9. The van der Waals surface area contributed by atoms with Crippen molar-refractivity contribution in [2.24, 2.45) is 11.1 Å². The maximum Gasteiger partial charge on any atom is 0.205 e. The number of nitrogens with zero attached hydrogens (tertiary/aromatic N) is 1. The quantitative estimate of drug-likeness (QED) is 0.892. The molecule has 5 nitrogen and oxygen atoms in total. The van der Waals surface area contributed by atoms with Crippen molar-refractivity contribution < 1.29 is 14.3 Å². The van der Waals surface area contributed by atoms with Crippen molar-refractivity contribution in [2.45, 2.75) is 39.5 Å². The second kappa shape index (κ2) is 5.96. The minimum atomic E-state index is -0.508. The van der Waals surface area contributed by atoms with Gasteiger partial charge in [0.1, 0.15) is 23.2 Å². The van der Waals surface area contributed by atoms with Crippen LogP contribution < -0.4 is 10.5 Å². The Labute approximate surface area is 147 Å². The van der Waals surface area contributed by atoms with E-state index in [4.69, 9.17) is 15.2 Å². The molecule has 1 aromatic rings. The molecule has 0 spiro atoms. The number of hydrogen-bond donors (Lipinski definition) is 1. The van der Waals surface area contributed by atoms with Crippen LogP contribution in [0.25, 0.3) is 0 Å². The van der Waals surface area contributed by atoms with Crippen molar-refractivity contribution in [3.63, 3.8) is 0 Å². The number of ether oxygens (including phenoxy) is 2. The number of rotatable bonds is 2. The number of methoxy groups -OCH3 is 1.